The summed E-state index contributed by atoms with van der Waals surface area (Å²) < 4.78 is 17.0. The number of benzene rings is 2. The van der Waals surface area contributed by atoms with E-state index in [1.807, 2.05) is 6.07 Å². The number of carbonyl (C=O) groups excluding carboxylic acids is 2. The van der Waals surface area contributed by atoms with Crippen LogP contribution >= 0.6 is 0 Å². The Kier molecular flexibility index (Phi) is 3.97. The monoisotopic (exact) mass is 376 g/mol. The zero-order chi connectivity index (χ0) is 19.3. The van der Waals surface area contributed by atoms with Crippen LogP contribution in [0.15, 0.2) is 47.7 Å². The number of Topliss-reactive ketones (excluding diaryl/α,β-unsaturated/α-hetero) is 2. The highest BCUT2D eigenvalue weighted by Gasteiger charge is 2.42. The Morgan fingerprint density at radius 2 is 1.64 bits per heavy atom. The van der Waals surface area contributed by atoms with Gasteiger partial charge < -0.3 is 14.2 Å². The van der Waals surface area contributed by atoms with Gasteiger partial charge in [0.15, 0.2) is 23.0 Å². The number of carbonyl (C=O) groups is 2. The first-order valence-corrected chi connectivity index (χ1v) is 9.73. The molecule has 142 valence electrons. The quantitative estimate of drug-likeness (QED) is 0.717. The minimum atomic E-state index is -0.228. The predicted molar refractivity (Wildman–Crippen MR) is 102 cm³/mol. The summed E-state index contributed by atoms with van der Waals surface area (Å²) in [5, 5.41) is 0. The molecular weight excluding hydrogens is 356 g/mol. The summed E-state index contributed by atoms with van der Waals surface area (Å²) in [6.45, 7) is 2.31. The number of hydrogen-bond acceptors (Lipinski definition) is 5. The van der Waals surface area contributed by atoms with Crippen LogP contribution in [0.1, 0.15) is 64.8 Å². The average Bonchev–Trinajstić information content (AvgIpc) is 3.17. The van der Waals surface area contributed by atoms with Crippen LogP contribution in [0.2, 0.25) is 0 Å². The second-order valence-electron chi connectivity index (χ2n) is 7.34. The van der Waals surface area contributed by atoms with E-state index in [2.05, 4.69) is 6.92 Å². The summed E-state index contributed by atoms with van der Waals surface area (Å²) in [5.41, 5.74) is 2.23. The van der Waals surface area contributed by atoms with Crippen LogP contribution in [-0.4, -0.2) is 18.4 Å². The summed E-state index contributed by atoms with van der Waals surface area (Å²) >= 11 is 0. The Morgan fingerprint density at radius 1 is 0.929 bits per heavy atom. The van der Waals surface area contributed by atoms with Crippen molar-refractivity contribution in [2.45, 2.75) is 38.5 Å². The minimum Gasteiger partial charge on any atom is -0.454 e. The number of allylic oxidation sites excluding steroid dienone is 2. The number of hydrogen-bond donors (Lipinski definition) is 0. The molecular formula is C23H20O5. The third-order valence-electron chi connectivity index (χ3n) is 5.65. The highest BCUT2D eigenvalue weighted by Crippen LogP contribution is 2.50. The Bertz CT molecular complexity index is 1030. The number of ketones is 2. The zero-order valence-corrected chi connectivity index (χ0v) is 15.6. The number of unbranched alkanes of at least 4 members (excludes halogenated alkanes) is 2. The summed E-state index contributed by atoms with van der Waals surface area (Å²) in [4.78, 5) is 26.5. The van der Waals surface area contributed by atoms with Gasteiger partial charge in [-0.1, -0.05) is 50.5 Å². The van der Waals surface area contributed by atoms with Gasteiger partial charge in [-0.25, -0.2) is 0 Å². The molecule has 0 radical (unpaired) electrons. The molecule has 2 aromatic rings. The van der Waals surface area contributed by atoms with Crippen LogP contribution in [0.4, 0.5) is 0 Å². The van der Waals surface area contributed by atoms with Crippen molar-refractivity contribution in [1.82, 2.24) is 0 Å². The van der Waals surface area contributed by atoms with Crippen molar-refractivity contribution in [3.8, 4) is 17.2 Å². The first-order chi connectivity index (χ1) is 13.7. The van der Waals surface area contributed by atoms with Crippen LogP contribution in [0.5, 0.6) is 17.2 Å². The summed E-state index contributed by atoms with van der Waals surface area (Å²) in [7, 11) is 0. The fourth-order valence-electron chi connectivity index (χ4n) is 4.25. The molecule has 5 heteroatoms. The second kappa shape index (κ2) is 6.51. The Labute approximate surface area is 162 Å². The smallest absolute Gasteiger partial charge is 0.231 e. The van der Waals surface area contributed by atoms with E-state index in [0.717, 1.165) is 31.2 Å². The molecule has 1 unspecified atom stereocenters. The molecule has 28 heavy (non-hydrogen) atoms. The van der Waals surface area contributed by atoms with Crippen molar-refractivity contribution in [2.75, 3.05) is 6.79 Å². The maximum atomic E-state index is 13.3. The normalized spacial score (nSPS) is 19.1. The zero-order valence-electron chi connectivity index (χ0n) is 15.6. The second-order valence-corrected chi connectivity index (χ2v) is 7.34. The van der Waals surface area contributed by atoms with Gasteiger partial charge in [-0.15, -0.1) is 0 Å². The molecule has 0 saturated carbocycles. The van der Waals surface area contributed by atoms with E-state index in [-0.39, 0.29) is 30.0 Å². The highest BCUT2D eigenvalue weighted by molar-refractivity contribution is 6.27. The molecule has 5 rings (SSSR count). The van der Waals surface area contributed by atoms with E-state index in [0.29, 0.717) is 33.9 Å². The van der Waals surface area contributed by atoms with Gasteiger partial charge in [0.25, 0.3) is 0 Å². The van der Waals surface area contributed by atoms with Crippen molar-refractivity contribution in [1.29, 1.82) is 0 Å². The van der Waals surface area contributed by atoms with Gasteiger partial charge in [0.05, 0.1) is 5.57 Å². The maximum Gasteiger partial charge on any atom is 0.231 e. The average molecular weight is 376 g/mol. The first kappa shape index (κ1) is 17.0. The van der Waals surface area contributed by atoms with Crippen LogP contribution in [0, 0.1) is 0 Å². The lowest BCUT2D eigenvalue weighted by atomic mass is 9.76. The molecule has 0 fully saturated rings. The third-order valence-corrected chi connectivity index (χ3v) is 5.65. The molecule has 1 atom stereocenters. The molecule has 0 amide bonds. The van der Waals surface area contributed by atoms with Crippen molar-refractivity contribution in [3.05, 3.63) is 64.4 Å². The number of rotatable bonds is 4. The van der Waals surface area contributed by atoms with E-state index in [1.54, 1.807) is 30.3 Å². The molecule has 5 nitrogen and oxygen atoms in total. The SMILES string of the molecule is CCCCCC1C2=C(Oc3cc4c(cc31)OCO4)C(=O)c1ccccc1C2=O. The number of fused-ring (bicyclic) bond motifs is 3. The molecule has 2 aromatic carbocycles. The fourth-order valence-corrected chi connectivity index (χ4v) is 4.25. The van der Waals surface area contributed by atoms with Gasteiger partial charge in [0.1, 0.15) is 5.75 Å². The molecule has 0 N–H and O–H groups in total. The molecule has 0 spiro atoms. The van der Waals surface area contributed by atoms with Crippen LogP contribution in [0.3, 0.4) is 0 Å². The lowest BCUT2D eigenvalue weighted by Crippen LogP contribution is -2.31. The first-order valence-electron chi connectivity index (χ1n) is 9.73. The number of ether oxygens (including phenoxy) is 3. The van der Waals surface area contributed by atoms with Gasteiger partial charge in [0.2, 0.25) is 12.6 Å². The van der Waals surface area contributed by atoms with Crippen LogP contribution in [0.25, 0.3) is 0 Å². The molecule has 0 aromatic heterocycles. The van der Waals surface area contributed by atoms with E-state index in [4.69, 9.17) is 14.2 Å². The molecule has 2 heterocycles. The van der Waals surface area contributed by atoms with E-state index in [9.17, 15) is 9.59 Å². The van der Waals surface area contributed by atoms with E-state index >= 15 is 0 Å². The lowest BCUT2D eigenvalue weighted by molar-refractivity contribution is 0.0924. The van der Waals surface area contributed by atoms with Gasteiger partial charge >= 0.3 is 0 Å². The van der Waals surface area contributed by atoms with E-state index in [1.165, 1.54) is 0 Å². The third kappa shape index (κ3) is 2.46. The maximum absolute atomic E-state index is 13.3. The summed E-state index contributed by atoms with van der Waals surface area (Å²) in [5.74, 6) is 1.46. The molecule has 3 aliphatic rings. The molecule has 0 saturated heterocycles. The Morgan fingerprint density at radius 3 is 2.39 bits per heavy atom. The van der Waals surface area contributed by atoms with Crippen molar-refractivity contribution in [2.24, 2.45) is 0 Å². The van der Waals surface area contributed by atoms with Crippen molar-refractivity contribution in [3.63, 3.8) is 0 Å². The van der Waals surface area contributed by atoms with Crippen LogP contribution < -0.4 is 14.2 Å². The standard InChI is InChI=1S/C23H20O5/c1-2-3-4-7-13-16-10-18-19(27-12-26-18)11-17(16)28-23-20(13)21(24)14-8-5-6-9-15(14)22(23)25/h5-6,8-11,13H,2-4,7,12H2,1H3. The van der Waals surface area contributed by atoms with Gasteiger partial charge in [-0.3, -0.25) is 9.59 Å². The minimum absolute atomic E-state index is 0.116. The van der Waals surface area contributed by atoms with Gasteiger partial charge in [0, 0.05) is 28.7 Å². The molecule has 2 aliphatic heterocycles. The lowest BCUT2D eigenvalue weighted by Gasteiger charge is -2.32. The summed E-state index contributed by atoms with van der Waals surface area (Å²) in [6, 6.07) is 10.6. The molecule has 1 aliphatic carbocycles. The Balaban J connectivity index is 1.65. The summed E-state index contributed by atoms with van der Waals surface area (Å²) in [6.07, 6.45) is 3.90. The van der Waals surface area contributed by atoms with Crippen molar-refractivity contribution < 1.29 is 23.8 Å². The highest BCUT2D eigenvalue weighted by atomic mass is 16.7. The van der Waals surface area contributed by atoms with Crippen molar-refractivity contribution >= 4 is 11.6 Å². The Hall–Kier alpha value is -3.08. The van der Waals surface area contributed by atoms with E-state index < -0.39 is 0 Å². The fraction of sp³-hybridized carbons (Fsp3) is 0.304. The van der Waals surface area contributed by atoms with Crippen LogP contribution in [-0.2, 0) is 0 Å². The topological polar surface area (TPSA) is 61.8 Å². The predicted octanol–water partition coefficient (Wildman–Crippen LogP) is 4.80. The van der Waals surface area contributed by atoms with Gasteiger partial charge in [-0.2, -0.15) is 0 Å². The largest absolute Gasteiger partial charge is 0.454 e. The molecule has 0 bridgehead atoms. The van der Waals surface area contributed by atoms with Gasteiger partial charge in [-0.05, 0) is 12.5 Å².